The number of rotatable bonds is 6. The van der Waals surface area contributed by atoms with Crippen molar-refractivity contribution in [1.82, 2.24) is 5.32 Å². The van der Waals surface area contributed by atoms with Crippen LogP contribution in [0.4, 0.5) is 4.79 Å². The first-order valence-electron chi connectivity index (χ1n) is 8.61. The normalized spacial score (nSPS) is 28.6. The van der Waals surface area contributed by atoms with Gasteiger partial charge in [0.05, 0.1) is 22.4 Å². The van der Waals surface area contributed by atoms with E-state index in [1.54, 1.807) is 38.1 Å². The smallest absolute Gasteiger partial charge is 0.408 e. The number of amides is 1. The maximum Gasteiger partial charge on any atom is 0.408 e. The number of esters is 1. The van der Waals surface area contributed by atoms with Crippen LogP contribution in [-0.2, 0) is 29.8 Å². The number of nitrogens with one attached hydrogen (secondary N) is 1. The maximum atomic E-state index is 12.9. The zero-order chi connectivity index (χ0) is 20.0. The fourth-order valence-electron chi connectivity index (χ4n) is 3.10. The van der Waals surface area contributed by atoms with E-state index in [1.807, 2.05) is 6.07 Å². The lowest BCUT2D eigenvalue weighted by molar-refractivity contribution is -0.175. The minimum Gasteiger partial charge on any atom is -0.457 e. The van der Waals surface area contributed by atoms with Crippen LogP contribution in [-0.4, -0.2) is 46.1 Å². The first-order valence-corrected chi connectivity index (χ1v) is 9.82. The fraction of sp³-hybridized carbons (Fsp3) is 0.474. The average molecular weight is 395 g/mol. The van der Waals surface area contributed by atoms with Crippen LogP contribution in [0.25, 0.3) is 0 Å². The summed E-state index contributed by atoms with van der Waals surface area (Å²) < 4.78 is 29.2. The highest BCUT2D eigenvalue weighted by atomic mass is 32.2. The van der Waals surface area contributed by atoms with Crippen LogP contribution in [0.1, 0.15) is 27.2 Å². The number of carbonyl (C=O) groups is 2. The molecule has 0 bridgehead atoms. The summed E-state index contributed by atoms with van der Waals surface area (Å²) in [6.45, 7) is 8.28. The Hall–Kier alpha value is -2.19. The standard InChI is InChI=1S/C19H25NO6S/c1-5-11-24-18(22)20-19(4)12-16(25-13(2)17(19)26-14(3)21)27(23)15-9-7-6-8-10-15/h5-10,13,16-17H,1,11-12H2,2-4H3,(H,20,22)/t13-,16?,17+,19-,27?/m0/s1. The molecule has 0 aliphatic carbocycles. The zero-order valence-corrected chi connectivity index (χ0v) is 16.5. The van der Waals surface area contributed by atoms with Crippen LogP contribution >= 0.6 is 0 Å². The van der Waals surface area contributed by atoms with Gasteiger partial charge in [-0.15, -0.1) is 0 Å². The molecule has 0 radical (unpaired) electrons. The molecule has 1 aliphatic heterocycles. The van der Waals surface area contributed by atoms with E-state index in [1.165, 1.54) is 13.0 Å². The molecule has 0 saturated carbocycles. The van der Waals surface area contributed by atoms with Gasteiger partial charge in [0.2, 0.25) is 0 Å². The van der Waals surface area contributed by atoms with Crippen molar-refractivity contribution in [2.45, 2.75) is 55.3 Å². The molecule has 1 N–H and O–H groups in total. The molecule has 1 heterocycles. The predicted octanol–water partition coefficient (Wildman–Crippen LogP) is 2.53. The molecule has 1 aromatic carbocycles. The summed E-state index contributed by atoms with van der Waals surface area (Å²) in [7, 11) is -1.46. The van der Waals surface area contributed by atoms with Gasteiger partial charge in [-0.3, -0.25) is 9.00 Å². The molecule has 1 amide bonds. The molecular weight excluding hydrogens is 370 g/mol. The van der Waals surface area contributed by atoms with Gasteiger partial charge in [-0.1, -0.05) is 30.9 Å². The highest BCUT2D eigenvalue weighted by molar-refractivity contribution is 7.85. The van der Waals surface area contributed by atoms with E-state index in [0.29, 0.717) is 4.90 Å². The number of benzene rings is 1. The van der Waals surface area contributed by atoms with Gasteiger partial charge in [0, 0.05) is 18.2 Å². The molecule has 1 saturated heterocycles. The summed E-state index contributed by atoms with van der Waals surface area (Å²) in [6, 6.07) is 8.94. The largest absolute Gasteiger partial charge is 0.457 e. The molecule has 5 atom stereocenters. The Morgan fingerprint density at radius 3 is 2.67 bits per heavy atom. The number of ether oxygens (including phenoxy) is 3. The molecule has 2 rings (SSSR count). The van der Waals surface area contributed by atoms with Gasteiger partial charge in [0.25, 0.3) is 0 Å². The van der Waals surface area contributed by atoms with Crippen molar-refractivity contribution in [1.29, 1.82) is 0 Å². The molecular formula is C19H25NO6S. The average Bonchev–Trinajstić information content (AvgIpc) is 2.62. The SMILES string of the molecule is C=CCOC(=O)N[C@@]1(C)CC(S(=O)c2ccccc2)O[C@@H](C)[C@H]1OC(C)=O. The molecule has 1 aromatic rings. The Morgan fingerprint density at radius 1 is 1.41 bits per heavy atom. The van der Waals surface area contributed by atoms with Crippen molar-refractivity contribution < 1.29 is 28.0 Å². The molecule has 1 fully saturated rings. The lowest BCUT2D eigenvalue weighted by atomic mass is 9.85. The molecule has 0 spiro atoms. The van der Waals surface area contributed by atoms with Crippen molar-refractivity contribution in [3.05, 3.63) is 43.0 Å². The van der Waals surface area contributed by atoms with Gasteiger partial charge in [-0.2, -0.15) is 0 Å². The Morgan fingerprint density at radius 2 is 2.07 bits per heavy atom. The van der Waals surface area contributed by atoms with Crippen LogP contribution in [0.3, 0.4) is 0 Å². The maximum absolute atomic E-state index is 12.9. The van der Waals surface area contributed by atoms with Gasteiger partial charge in [0.1, 0.15) is 12.0 Å². The first-order chi connectivity index (χ1) is 12.8. The molecule has 8 heteroatoms. The minimum atomic E-state index is -1.46. The second kappa shape index (κ2) is 9.14. The lowest BCUT2D eigenvalue weighted by Gasteiger charge is -2.46. The number of hydrogen-bond acceptors (Lipinski definition) is 6. The van der Waals surface area contributed by atoms with E-state index in [4.69, 9.17) is 14.2 Å². The molecule has 1 aliphatic rings. The van der Waals surface area contributed by atoms with Crippen LogP contribution in [0, 0.1) is 0 Å². The van der Waals surface area contributed by atoms with Crippen LogP contribution in [0.2, 0.25) is 0 Å². The summed E-state index contributed by atoms with van der Waals surface area (Å²) in [5.41, 5.74) is -1.70. The summed E-state index contributed by atoms with van der Waals surface area (Å²) in [5, 5.41) is 2.75. The van der Waals surface area contributed by atoms with E-state index in [-0.39, 0.29) is 13.0 Å². The topological polar surface area (TPSA) is 90.9 Å². The molecule has 148 valence electrons. The molecule has 0 aromatic heterocycles. The van der Waals surface area contributed by atoms with Crippen LogP contribution < -0.4 is 5.32 Å². The Bertz CT molecular complexity index is 709. The van der Waals surface area contributed by atoms with E-state index >= 15 is 0 Å². The zero-order valence-electron chi connectivity index (χ0n) is 15.7. The van der Waals surface area contributed by atoms with Crippen LogP contribution in [0.5, 0.6) is 0 Å². The lowest BCUT2D eigenvalue weighted by Crippen LogP contribution is -2.65. The summed E-state index contributed by atoms with van der Waals surface area (Å²) in [5.74, 6) is -0.495. The van der Waals surface area contributed by atoms with Crippen molar-refractivity contribution in [3.63, 3.8) is 0 Å². The molecule has 7 nitrogen and oxygen atoms in total. The Labute approximate surface area is 161 Å². The highest BCUT2D eigenvalue weighted by Gasteiger charge is 2.50. The molecule has 2 unspecified atom stereocenters. The van der Waals surface area contributed by atoms with Crippen molar-refractivity contribution in [2.75, 3.05) is 6.61 Å². The van der Waals surface area contributed by atoms with E-state index in [2.05, 4.69) is 11.9 Å². The fourth-order valence-corrected chi connectivity index (χ4v) is 4.61. The van der Waals surface area contributed by atoms with Gasteiger partial charge in [-0.05, 0) is 26.0 Å². The quantitative estimate of drug-likeness (QED) is 0.588. The van der Waals surface area contributed by atoms with Crippen molar-refractivity contribution in [3.8, 4) is 0 Å². The number of alkyl carbamates (subject to hydrolysis) is 1. The van der Waals surface area contributed by atoms with Gasteiger partial charge in [-0.25, -0.2) is 4.79 Å². The number of carbonyl (C=O) groups excluding carboxylic acids is 2. The highest BCUT2D eigenvalue weighted by Crippen LogP contribution is 2.34. The predicted molar refractivity (Wildman–Crippen MR) is 100 cm³/mol. The second-order valence-corrected chi connectivity index (χ2v) is 8.14. The Kier molecular flexibility index (Phi) is 7.15. The van der Waals surface area contributed by atoms with E-state index in [0.717, 1.165) is 0 Å². The summed E-state index contributed by atoms with van der Waals surface area (Å²) in [4.78, 5) is 24.3. The summed E-state index contributed by atoms with van der Waals surface area (Å²) >= 11 is 0. The van der Waals surface area contributed by atoms with E-state index < -0.39 is 46.0 Å². The first kappa shape index (κ1) is 21.1. The van der Waals surface area contributed by atoms with Gasteiger partial charge < -0.3 is 19.5 Å². The third-order valence-corrected chi connectivity index (χ3v) is 5.73. The minimum absolute atomic E-state index is 0.0472. The monoisotopic (exact) mass is 395 g/mol. The third kappa shape index (κ3) is 5.40. The second-order valence-electron chi connectivity index (χ2n) is 6.54. The third-order valence-electron chi connectivity index (χ3n) is 4.24. The van der Waals surface area contributed by atoms with Crippen molar-refractivity contribution >= 4 is 22.9 Å². The van der Waals surface area contributed by atoms with Crippen molar-refractivity contribution in [2.24, 2.45) is 0 Å². The summed E-state index contributed by atoms with van der Waals surface area (Å²) in [6.07, 6.45) is -0.376. The van der Waals surface area contributed by atoms with E-state index in [9.17, 15) is 13.8 Å². The van der Waals surface area contributed by atoms with Crippen LogP contribution in [0.15, 0.2) is 47.9 Å². The number of hydrogen-bond donors (Lipinski definition) is 1. The Balaban J connectivity index is 2.25. The van der Waals surface area contributed by atoms with Gasteiger partial charge >= 0.3 is 12.1 Å². The molecule has 27 heavy (non-hydrogen) atoms. The van der Waals surface area contributed by atoms with Gasteiger partial charge in [0.15, 0.2) is 6.10 Å².